The predicted molar refractivity (Wildman–Crippen MR) is 65.6 cm³/mol. The molecule has 3 rings (SSSR count). The van der Waals surface area contributed by atoms with Crippen molar-refractivity contribution in [3.8, 4) is 12.0 Å². The summed E-state index contributed by atoms with van der Waals surface area (Å²) in [5, 5.41) is 9.96. The third kappa shape index (κ3) is 1.42. The van der Waals surface area contributed by atoms with Gasteiger partial charge in [-0.2, -0.15) is 5.26 Å². The van der Waals surface area contributed by atoms with Crippen molar-refractivity contribution in [3.63, 3.8) is 0 Å². The van der Waals surface area contributed by atoms with Crippen LogP contribution in [0.5, 0.6) is 0 Å². The van der Waals surface area contributed by atoms with Gasteiger partial charge >= 0.3 is 0 Å². The molecule has 0 atom stereocenters. The van der Waals surface area contributed by atoms with E-state index in [-0.39, 0.29) is 5.76 Å². The summed E-state index contributed by atoms with van der Waals surface area (Å²) in [7, 11) is 0. The summed E-state index contributed by atoms with van der Waals surface area (Å²) in [5.74, 6) is 0.788. The Kier molecular flexibility index (Phi) is 2.24. The molecule has 1 aromatic carbocycles. The van der Waals surface area contributed by atoms with E-state index in [1.807, 2.05) is 24.3 Å². The SMILES string of the molecule is N#Cc1cn(-c2ccc(C=O)o2)c2ccccc12. The highest BCUT2D eigenvalue weighted by Crippen LogP contribution is 2.25. The van der Waals surface area contributed by atoms with Crippen molar-refractivity contribution in [1.82, 2.24) is 4.57 Å². The third-order valence-corrected chi connectivity index (χ3v) is 2.80. The minimum Gasteiger partial charge on any atom is -0.437 e. The molecule has 0 unspecified atom stereocenters. The number of nitriles is 1. The third-order valence-electron chi connectivity index (χ3n) is 2.80. The molecular formula is C14H8N2O2. The highest BCUT2D eigenvalue weighted by Gasteiger charge is 2.11. The lowest BCUT2D eigenvalue weighted by molar-refractivity contribution is 0.110. The van der Waals surface area contributed by atoms with Crippen LogP contribution in [0.4, 0.5) is 0 Å². The predicted octanol–water partition coefficient (Wildman–Crippen LogP) is 2.91. The maximum absolute atomic E-state index is 10.6. The van der Waals surface area contributed by atoms with Crippen LogP contribution in [-0.2, 0) is 0 Å². The number of nitrogens with zero attached hydrogens (tertiary/aromatic N) is 2. The molecule has 4 nitrogen and oxygen atoms in total. The van der Waals surface area contributed by atoms with E-state index in [1.54, 1.807) is 22.9 Å². The summed E-state index contributed by atoms with van der Waals surface area (Å²) in [6, 6.07) is 13.0. The zero-order valence-corrected chi connectivity index (χ0v) is 9.33. The van der Waals surface area contributed by atoms with Gasteiger partial charge in [0, 0.05) is 17.6 Å². The van der Waals surface area contributed by atoms with E-state index in [0.29, 0.717) is 17.7 Å². The Hall–Kier alpha value is -2.80. The Balaban J connectivity index is 2.29. The first-order chi connectivity index (χ1) is 8.83. The second kappa shape index (κ2) is 3.90. The number of rotatable bonds is 2. The Morgan fingerprint density at radius 1 is 1.22 bits per heavy atom. The van der Waals surface area contributed by atoms with Crippen molar-refractivity contribution in [2.45, 2.75) is 0 Å². The Labute approximate surface area is 103 Å². The van der Waals surface area contributed by atoms with Gasteiger partial charge in [-0.1, -0.05) is 18.2 Å². The van der Waals surface area contributed by atoms with Crippen LogP contribution in [0.15, 0.2) is 47.0 Å². The lowest BCUT2D eigenvalue weighted by atomic mass is 10.2. The van der Waals surface area contributed by atoms with Crippen molar-refractivity contribution >= 4 is 17.2 Å². The number of benzene rings is 1. The van der Waals surface area contributed by atoms with Crippen LogP contribution in [0.25, 0.3) is 16.8 Å². The molecule has 0 bridgehead atoms. The van der Waals surface area contributed by atoms with E-state index in [9.17, 15) is 4.79 Å². The molecule has 0 spiro atoms. The second-order valence-electron chi connectivity index (χ2n) is 3.84. The van der Waals surface area contributed by atoms with Gasteiger partial charge in [0.2, 0.25) is 5.88 Å². The molecule has 0 fully saturated rings. The molecule has 0 radical (unpaired) electrons. The van der Waals surface area contributed by atoms with E-state index < -0.39 is 0 Å². The minimum atomic E-state index is 0.265. The number of aldehydes is 1. The fraction of sp³-hybridized carbons (Fsp3) is 0. The molecule has 3 aromatic rings. The molecular weight excluding hydrogens is 228 g/mol. The van der Waals surface area contributed by atoms with Crippen LogP contribution in [0.1, 0.15) is 16.1 Å². The molecule has 2 heterocycles. The monoisotopic (exact) mass is 236 g/mol. The summed E-state index contributed by atoms with van der Waals surface area (Å²) in [6.07, 6.45) is 2.36. The number of carbonyl (C=O) groups is 1. The van der Waals surface area contributed by atoms with E-state index in [1.165, 1.54) is 0 Å². The summed E-state index contributed by atoms with van der Waals surface area (Å²) in [4.78, 5) is 10.6. The van der Waals surface area contributed by atoms with E-state index >= 15 is 0 Å². The molecule has 0 aliphatic rings. The first-order valence-electron chi connectivity index (χ1n) is 5.39. The average Bonchev–Trinajstić information content (AvgIpc) is 3.02. The molecule has 86 valence electrons. The van der Waals surface area contributed by atoms with Gasteiger partial charge in [0.1, 0.15) is 6.07 Å². The fourth-order valence-corrected chi connectivity index (χ4v) is 1.99. The average molecular weight is 236 g/mol. The number of hydrogen-bond donors (Lipinski definition) is 0. The van der Waals surface area contributed by atoms with Crippen molar-refractivity contribution in [2.75, 3.05) is 0 Å². The second-order valence-corrected chi connectivity index (χ2v) is 3.84. The lowest BCUT2D eigenvalue weighted by Gasteiger charge is -1.99. The largest absolute Gasteiger partial charge is 0.437 e. The van der Waals surface area contributed by atoms with Crippen molar-refractivity contribution in [2.24, 2.45) is 0 Å². The van der Waals surface area contributed by atoms with Gasteiger partial charge in [0.15, 0.2) is 12.0 Å². The van der Waals surface area contributed by atoms with Crippen LogP contribution >= 0.6 is 0 Å². The van der Waals surface area contributed by atoms with E-state index in [2.05, 4.69) is 6.07 Å². The zero-order valence-electron chi connectivity index (χ0n) is 9.33. The van der Waals surface area contributed by atoms with Crippen molar-refractivity contribution in [1.29, 1.82) is 5.26 Å². The molecule has 0 aliphatic heterocycles. The Morgan fingerprint density at radius 3 is 2.78 bits per heavy atom. The van der Waals surface area contributed by atoms with Crippen molar-refractivity contribution < 1.29 is 9.21 Å². The van der Waals surface area contributed by atoms with Gasteiger partial charge in [-0.05, 0) is 12.1 Å². The summed E-state index contributed by atoms with van der Waals surface area (Å²) >= 11 is 0. The molecule has 0 aliphatic carbocycles. The molecule has 2 aromatic heterocycles. The van der Waals surface area contributed by atoms with Gasteiger partial charge in [-0.25, -0.2) is 0 Å². The summed E-state index contributed by atoms with van der Waals surface area (Å²) in [6.45, 7) is 0. The lowest BCUT2D eigenvalue weighted by Crippen LogP contribution is -1.88. The highest BCUT2D eigenvalue weighted by molar-refractivity contribution is 5.87. The van der Waals surface area contributed by atoms with Gasteiger partial charge < -0.3 is 4.42 Å². The fourth-order valence-electron chi connectivity index (χ4n) is 1.99. The van der Waals surface area contributed by atoms with Gasteiger partial charge in [-0.15, -0.1) is 0 Å². The molecule has 4 heteroatoms. The normalized spacial score (nSPS) is 10.4. The number of fused-ring (bicyclic) bond motifs is 1. The Bertz CT molecular complexity index is 775. The quantitative estimate of drug-likeness (QED) is 0.643. The first-order valence-corrected chi connectivity index (χ1v) is 5.39. The Morgan fingerprint density at radius 2 is 2.06 bits per heavy atom. The summed E-state index contributed by atoms with van der Waals surface area (Å²) in [5.41, 5.74) is 1.45. The number of furan rings is 1. The standard InChI is InChI=1S/C14H8N2O2/c15-7-10-8-16(13-4-2-1-3-12(10)13)14-6-5-11(9-17)18-14/h1-6,8-9H. The number of para-hydroxylation sites is 1. The van der Waals surface area contributed by atoms with Crippen LogP contribution in [-0.4, -0.2) is 10.9 Å². The molecule has 0 saturated heterocycles. The first kappa shape index (κ1) is 10.4. The maximum atomic E-state index is 10.6. The van der Waals surface area contributed by atoms with Crippen molar-refractivity contribution in [3.05, 3.63) is 53.9 Å². The molecule has 0 N–H and O–H groups in total. The number of carbonyl (C=O) groups excluding carboxylic acids is 1. The van der Waals surface area contributed by atoms with Gasteiger partial charge in [0.25, 0.3) is 0 Å². The maximum Gasteiger partial charge on any atom is 0.204 e. The topological polar surface area (TPSA) is 58.9 Å². The minimum absolute atomic E-state index is 0.265. The van der Waals surface area contributed by atoms with Crippen LogP contribution < -0.4 is 0 Å². The molecule has 18 heavy (non-hydrogen) atoms. The zero-order chi connectivity index (χ0) is 12.5. The van der Waals surface area contributed by atoms with Gasteiger partial charge in [0.05, 0.1) is 11.1 Å². The highest BCUT2D eigenvalue weighted by atomic mass is 16.4. The van der Waals surface area contributed by atoms with Crippen LogP contribution in [0, 0.1) is 11.3 Å². The number of hydrogen-bond acceptors (Lipinski definition) is 3. The van der Waals surface area contributed by atoms with E-state index in [4.69, 9.17) is 9.68 Å². The molecule has 0 amide bonds. The van der Waals surface area contributed by atoms with Gasteiger partial charge in [-0.3, -0.25) is 9.36 Å². The molecule has 0 saturated carbocycles. The van der Waals surface area contributed by atoms with Crippen LogP contribution in [0.3, 0.4) is 0 Å². The smallest absolute Gasteiger partial charge is 0.204 e. The summed E-state index contributed by atoms with van der Waals surface area (Å²) < 4.78 is 7.14. The van der Waals surface area contributed by atoms with Crippen LogP contribution in [0.2, 0.25) is 0 Å². The van der Waals surface area contributed by atoms with E-state index in [0.717, 1.165) is 10.9 Å². The number of aromatic nitrogens is 1.